The Kier molecular flexibility index (Phi) is 5.15. The minimum atomic E-state index is -3.96. The Balaban J connectivity index is 2.32. The molecule has 0 spiro atoms. The largest absolute Gasteiger partial charge is 0.505 e. The average Bonchev–Trinajstić information content (AvgIpc) is 2.51. The van der Waals surface area contributed by atoms with E-state index in [0.29, 0.717) is 16.7 Å². The standard InChI is InChI=1S/C17H19FN2O4S/c1-9-6-13(8-16(10(9)2)25(19,23)24)17(22)20-11(3)12-4-5-15(21)14(18)7-12/h4-8,11,21H,1-3H3,(H,20,22)(H2,19,23,24)/t11-/m0/s1. The summed E-state index contributed by atoms with van der Waals surface area (Å²) in [5.74, 6) is -1.79. The minimum Gasteiger partial charge on any atom is -0.505 e. The van der Waals surface area contributed by atoms with Crippen LogP contribution in [0.25, 0.3) is 0 Å². The molecule has 1 atom stereocenters. The minimum absolute atomic E-state index is 0.110. The summed E-state index contributed by atoms with van der Waals surface area (Å²) in [7, 11) is -3.96. The van der Waals surface area contributed by atoms with Crippen molar-refractivity contribution >= 4 is 15.9 Å². The number of aryl methyl sites for hydroxylation is 1. The summed E-state index contributed by atoms with van der Waals surface area (Å²) in [6, 6.07) is 6.03. The lowest BCUT2D eigenvalue weighted by atomic mass is 10.0. The Hall–Kier alpha value is -2.45. The highest BCUT2D eigenvalue weighted by molar-refractivity contribution is 7.89. The van der Waals surface area contributed by atoms with Crippen molar-refractivity contribution in [3.8, 4) is 5.75 Å². The number of carbonyl (C=O) groups excluding carboxylic acids is 1. The second-order valence-electron chi connectivity index (χ2n) is 5.87. The Morgan fingerprint density at radius 3 is 2.44 bits per heavy atom. The molecule has 0 radical (unpaired) electrons. The third kappa shape index (κ3) is 4.15. The molecule has 0 saturated carbocycles. The van der Waals surface area contributed by atoms with Gasteiger partial charge in [0.05, 0.1) is 10.9 Å². The molecule has 25 heavy (non-hydrogen) atoms. The third-order valence-corrected chi connectivity index (χ3v) is 5.04. The first kappa shape index (κ1) is 18.9. The Morgan fingerprint density at radius 2 is 1.88 bits per heavy atom. The van der Waals surface area contributed by atoms with E-state index in [1.165, 1.54) is 18.2 Å². The predicted molar refractivity (Wildman–Crippen MR) is 91.2 cm³/mol. The number of nitrogens with one attached hydrogen (secondary N) is 1. The molecule has 2 rings (SSSR count). The number of hydrogen-bond acceptors (Lipinski definition) is 4. The van der Waals surface area contributed by atoms with Crippen molar-refractivity contribution < 1.29 is 22.7 Å². The van der Waals surface area contributed by atoms with Crippen molar-refractivity contribution in [2.75, 3.05) is 0 Å². The van der Waals surface area contributed by atoms with Crippen LogP contribution in [0, 0.1) is 19.7 Å². The maximum Gasteiger partial charge on any atom is 0.251 e. The number of benzene rings is 2. The molecule has 0 bridgehead atoms. The van der Waals surface area contributed by atoms with Gasteiger partial charge in [-0.2, -0.15) is 0 Å². The van der Waals surface area contributed by atoms with Crippen molar-refractivity contribution in [2.45, 2.75) is 31.7 Å². The molecule has 0 saturated heterocycles. The van der Waals surface area contributed by atoms with Crippen molar-refractivity contribution in [3.63, 3.8) is 0 Å². The number of primary sulfonamides is 1. The van der Waals surface area contributed by atoms with E-state index in [9.17, 15) is 22.7 Å². The zero-order valence-electron chi connectivity index (χ0n) is 14.0. The molecule has 0 fully saturated rings. The van der Waals surface area contributed by atoms with Gasteiger partial charge in [0.25, 0.3) is 5.91 Å². The molecule has 8 heteroatoms. The highest BCUT2D eigenvalue weighted by Crippen LogP contribution is 2.23. The molecular weight excluding hydrogens is 347 g/mol. The van der Waals surface area contributed by atoms with Gasteiger partial charge in [-0.25, -0.2) is 17.9 Å². The molecule has 0 aromatic heterocycles. The monoisotopic (exact) mass is 366 g/mol. The SMILES string of the molecule is Cc1cc(C(=O)N[C@@H](C)c2ccc(O)c(F)c2)cc(S(N)(=O)=O)c1C. The zero-order valence-corrected chi connectivity index (χ0v) is 14.8. The molecule has 0 unspecified atom stereocenters. The van der Waals surface area contributed by atoms with E-state index in [1.54, 1.807) is 26.8 Å². The van der Waals surface area contributed by atoms with Crippen LogP contribution in [0.3, 0.4) is 0 Å². The molecule has 2 aromatic rings. The second kappa shape index (κ2) is 6.81. The van der Waals surface area contributed by atoms with Crippen LogP contribution in [0.4, 0.5) is 4.39 Å². The molecular formula is C17H19FN2O4S. The number of hydrogen-bond donors (Lipinski definition) is 3. The fourth-order valence-corrected chi connectivity index (χ4v) is 3.29. The molecule has 2 aromatic carbocycles. The van der Waals surface area contributed by atoms with Gasteiger partial charge in [0.15, 0.2) is 11.6 Å². The lowest BCUT2D eigenvalue weighted by Crippen LogP contribution is -2.27. The van der Waals surface area contributed by atoms with Gasteiger partial charge in [0, 0.05) is 5.56 Å². The van der Waals surface area contributed by atoms with Gasteiger partial charge in [0.1, 0.15) is 0 Å². The molecule has 1 amide bonds. The molecule has 6 nitrogen and oxygen atoms in total. The van der Waals surface area contributed by atoms with Crippen LogP contribution in [0.5, 0.6) is 5.75 Å². The summed E-state index contributed by atoms with van der Waals surface area (Å²) >= 11 is 0. The number of carbonyl (C=O) groups is 1. The zero-order chi connectivity index (χ0) is 18.9. The number of amides is 1. The molecule has 0 aliphatic heterocycles. The van der Waals surface area contributed by atoms with E-state index in [4.69, 9.17) is 5.14 Å². The first-order chi connectivity index (χ1) is 11.5. The van der Waals surface area contributed by atoms with E-state index in [-0.39, 0.29) is 10.5 Å². The summed E-state index contributed by atoms with van der Waals surface area (Å²) in [5, 5.41) is 17.1. The smallest absolute Gasteiger partial charge is 0.251 e. The van der Waals surface area contributed by atoms with E-state index in [0.717, 1.165) is 6.07 Å². The van der Waals surface area contributed by atoms with E-state index >= 15 is 0 Å². The number of phenolic OH excluding ortho intramolecular Hbond substituents is 1. The number of aromatic hydroxyl groups is 1. The summed E-state index contributed by atoms with van der Waals surface area (Å²) in [5.41, 5.74) is 1.69. The number of phenols is 1. The highest BCUT2D eigenvalue weighted by Gasteiger charge is 2.19. The first-order valence-electron chi connectivity index (χ1n) is 7.44. The van der Waals surface area contributed by atoms with Crippen molar-refractivity contribution in [1.82, 2.24) is 5.32 Å². The fourth-order valence-electron chi connectivity index (χ4n) is 2.41. The third-order valence-electron chi connectivity index (χ3n) is 4.01. The first-order valence-corrected chi connectivity index (χ1v) is 8.98. The molecule has 0 aliphatic carbocycles. The van der Waals surface area contributed by atoms with Gasteiger partial charge < -0.3 is 10.4 Å². The quantitative estimate of drug-likeness (QED) is 0.771. The number of nitrogens with two attached hydrogens (primary N) is 1. The van der Waals surface area contributed by atoms with E-state index < -0.39 is 33.5 Å². The Morgan fingerprint density at radius 1 is 1.24 bits per heavy atom. The van der Waals surface area contributed by atoms with Gasteiger partial charge in [-0.1, -0.05) is 6.07 Å². The maximum absolute atomic E-state index is 13.4. The Bertz CT molecular complexity index is 942. The predicted octanol–water partition coefficient (Wildman–Crippen LogP) is 2.29. The highest BCUT2D eigenvalue weighted by atomic mass is 32.2. The fraction of sp³-hybridized carbons (Fsp3) is 0.235. The number of sulfonamides is 1. The summed E-state index contributed by atoms with van der Waals surface area (Å²) in [4.78, 5) is 12.3. The average molecular weight is 366 g/mol. The van der Waals surface area contributed by atoms with Gasteiger partial charge in [-0.3, -0.25) is 4.79 Å². The molecule has 4 N–H and O–H groups in total. The lowest BCUT2D eigenvalue weighted by molar-refractivity contribution is 0.0939. The van der Waals surface area contributed by atoms with E-state index in [2.05, 4.69) is 5.32 Å². The van der Waals surface area contributed by atoms with Crippen molar-refractivity contribution in [1.29, 1.82) is 0 Å². The number of rotatable bonds is 4. The molecule has 0 aliphatic rings. The molecule has 134 valence electrons. The van der Waals surface area contributed by atoms with Crippen LogP contribution in [-0.2, 0) is 10.0 Å². The van der Waals surface area contributed by atoms with Crippen LogP contribution >= 0.6 is 0 Å². The second-order valence-corrected chi connectivity index (χ2v) is 7.40. The van der Waals surface area contributed by atoms with Gasteiger partial charge in [-0.05, 0) is 61.7 Å². The van der Waals surface area contributed by atoms with E-state index in [1.807, 2.05) is 0 Å². The van der Waals surface area contributed by atoms with Crippen molar-refractivity contribution in [3.05, 3.63) is 58.4 Å². The maximum atomic E-state index is 13.4. The van der Waals surface area contributed by atoms with Crippen LogP contribution in [0.1, 0.15) is 40.0 Å². The van der Waals surface area contributed by atoms with Crippen LogP contribution < -0.4 is 10.5 Å². The summed E-state index contributed by atoms with van der Waals surface area (Å²) < 4.78 is 36.8. The van der Waals surface area contributed by atoms with Crippen molar-refractivity contribution in [2.24, 2.45) is 5.14 Å². The lowest BCUT2D eigenvalue weighted by Gasteiger charge is -2.16. The summed E-state index contributed by atoms with van der Waals surface area (Å²) in [6.45, 7) is 4.93. The topological polar surface area (TPSA) is 109 Å². The molecule has 0 heterocycles. The number of halogens is 1. The van der Waals surface area contributed by atoms with Gasteiger partial charge in [-0.15, -0.1) is 0 Å². The normalized spacial score (nSPS) is 12.7. The van der Waals surface area contributed by atoms with Gasteiger partial charge in [0.2, 0.25) is 10.0 Å². The van der Waals surface area contributed by atoms with Crippen LogP contribution in [0.2, 0.25) is 0 Å². The van der Waals surface area contributed by atoms with Crippen LogP contribution in [0.15, 0.2) is 35.2 Å². The summed E-state index contributed by atoms with van der Waals surface area (Å²) in [6.07, 6.45) is 0. The Labute approximate surface area is 145 Å². The van der Waals surface area contributed by atoms with Gasteiger partial charge >= 0.3 is 0 Å². The van der Waals surface area contributed by atoms with Crippen LogP contribution in [-0.4, -0.2) is 19.4 Å².